The summed E-state index contributed by atoms with van der Waals surface area (Å²) >= 11 is 0. The van der Waals surface area contributed by atoms with E-state index in [9.17, 15) is 19.2 Å². The quantitative estimate of drug-likeness (QED) is 0.632. The van der Waals surface area contributed by atoms with Crippen LogP contribution in [-0.2, 0) is 23.9 Å². The van der Waals surface area contributed by atoms with Gasteiger partial charge < -0.3 is 4.74 Å². The zero-order valence-corrected chi connectivity index (χ0v) is 13.3. The van der Waals surface area contributed by atoms with Crippen LogP contribution < -0.4 is 0 Å². The average molecular weight is 314 g/mol. The maximum absolute atomic E-state index is 13.0. The van der Waals surface area contributed by atoms with Crippen molar-refractivity contribution in [1.29, 1.82) is 0 Å². The molecule has 5 nitrogen and oxygen atoms in total. The van der Waals surface area contributed by atoms with Gasteiger partial charge in [0.05, 0.1) is 11.3 Å². The fourth-order valence-electron chi connectivity index (χ4n) is 5.24. The first-order chi connectivity index (χ1) is 10.8. The predicted molar refractivity (Wildman–Crippen MR) is 79.1 cm³/mol. The number of allylic oxidation sites excluding steroid dienone is 4. The Hall–Kier alpha value is -2.04. The molecule has 2 fully saturated rings. The number of carbonyl (C=O) groups excluding carboxylic acids is 4. The van der Waals surface area contributed by atoms with E-state index in [1.165, 1.54) is 12.2 Å². The summed E-state index contributed by atoms with van der Waals surface area (Å²) in [4.78, 5) is 49.8. The zero-order valence-electron chi connectivity index (χ0n) is 13.3. The SMILES string of the molecule is CC1=CC(=O)C2=CC(=O)[C@H]3C[C@@H]4OC(=O)[C@@H](C)[C@@H]4[C@H]3[C@@]2(C)C1=O. The largest absolute Gasteiger partial charge is 0.462 e. The van der Waals surface area contributed by atoms with Crippen LogP contribution in [0.5, 0.6) is 0 Å². The lowest BCUT2D eigenvalue weighted by molar-refractivity contribution is -0.145. The van der Waals surface area contributed by atoms with Crippen LogP contribution in [0.25, 0.3) is 0 Å². The van der Waals surface area contributed by atoms with Crippen LogP contribution in [-0.4, -0.2) is 29.4 Å². The molecule has 5 heteroatoms. The van der Waals surface area contributed by atoms with E-state index in [1.807, 2.05) is 0 Å². The van der Waals surface area contributed by atoms with E-state index in [4.69, 9.17) is 4.74 Å². The van der Waals surface area contributed by atoms with Gasteiger partial charge in [0.2, 0.25) is 0 Å². The molecule has 0 aromatic rings. The number of ether oxygens (including phenoxy) is 1. The maximum atomic E-state index is 13.0. The highest BCUT2D eigenvalue weighted by atomic mass is 16.6. The van der Waals surface area contributed by atoms with Crippen molar-refractivity contribution in [2.24, 2.45) is 29.1 Å². The molecule has 0 amide bonds. The summed E-state index contributed by atoms with van der Waals surface area (Å²) in [6.45, 7) is 5.19. The van der Waals surface area contributed by atoms with Crippen molar-refractivity contribution in [3.05, 3.63) is 23.3 Å². The number of rotatable bonds is 0. The van der Waals surface area contributed by atoms with Crippen LogP contribution in [0.3, 0.4) is 0 Å². The van der Waals surface area contributed by atoms with Gasteiger partial charge in [0.15, 0.2) is 17.3 Å². The van der Waals surface area contributed by atoms with Crippen molar-refractivity contribution >= 4 is 23.3 Å². The molecule has 0 radical (unpaired) electrons. The molecule has 4 rings (SSSR count). The van der Waals surface area contributed by atoms with Crippen LogP contribution in [0, 0.1) is 29.1 Å². The van der Waals surface area contributed by atoms with Crippen LogP contribution in [0.4, 0.5) is 0 Å². The summed E-state index contributed by atoms with van der Waals surface area (Å²) in [5.74, 6) is -2.00. The molecule has 0 spiro atoms. The van der Waals surface area contributed by atoms with Gasteiger partial charge >= 0.3 is 5.97 Å². The van der Waals surface area contributed by atoms with Crippen molar-refractivity contribution in [1.82, 2.24) is 0 Å². The van der Waals surface area contributed by atoms with Crippen molar-refractivity contribution < 1.29 is 23.9 Å². The fourth-order valence-corrected chi connectivity index (χ4v) is 5.24. The minimum Gasteiger partial charge on any atom is -0.462 e. The number of esters is 1. The van der Waals surface area contributed by atoms with E-state index in [2.05, 4.69) is 0 Å². The summed E-state index contributed by atoms with van der Waals surface area (Å²) in [6.07, 6.45) is 2.80. The van der Waals surface area contributed by atoms with E-state index >= 15 is 0 Å². The highest BCUT2D eigenvalue weighted by molar-refractivity contribution is 6.23. The van der Waals surface area contributed by atoms with Gasteiger partial charge in [-0.15, -0.1) is 0 Å². The molecule has 1 heterocycles. The highest BCUT2D eigenvalue weighted by Gasteiger charge is 2.66. The summed E-state index contributed by atoms with van der Waals surface area (Å²) in [7, 11) is 0. The number of ketones is 3. The maximum Gasteiger partial charge on any atom is 0.309 e. The molecule has 120 valence electrons. The molecule has 23 heavy (non-hydrogen) atoms. The molecule has 4 aliphatic rings. The summed E-state index contributed by atoms with van der Waals surface area (Å²) in [6, 6.07) is 0. The van der Waals surface area contributed by atoms with Gasteiger partial charge in [-0.25, -0.2) is 0 Å². The number of hydrogen-bond donors (Lipinski definition) is 0. The lowest BCUT2D eigenvalue weighted by atomic mass is 9.54. The minimum absolute atomic E-state index is 0.113. The second-order valence-corrected chi connectivity index (χ2v) is 7.39. The molecule has 0 unspecified atom stereocenters. The van der Waals surface area contributed by atoms with Crippen LogP contribution >= 0.6 is 0 Å². The van der Waals surface area contributed by atoms with Crippen molar-refractivity contribution in [3.8, 4) is 0 Å². The van der Waals surface area contributed by atoms with Gasteiger partial charge in [0.1, 0.15) is 6.10 Å². The van der Waals surface area contributed by atoms with Crippen molar-refractivity contribution in [3.63, 3.8) is 0 Å². The van der Waals surface area contributed by atoms with Crippen molar-refractivity contribution in [2.45, 2.75) is 33.3 Å². The summed E-state index contributed by atoms with van der Waals surface area (Å²) < 4.78 is 5.43. The standard InChI is InChI=1S/C18H18O5/c1-7-4-12(20)10-6-11(19)9-5-13-14(8(2)17(22)23-13)15(9)18(10,3)16(7)21/h4,6,8-9,13-15H,5H2,1-3H3/t8-,9+,13-,14-,15-,18-/m0/s1. The lowest BCUT2D eigenvalue weighted by Crippen LogP contribution is -2.51. The molecule has 0 aromatic heterocycles. The Labute approximate surface area is 133 Å². The zero-order chi connectivity index (χ0) is 16.7. The Bertz CT molecular complexity index is 743. The van der Waals surface area contributed by atoms with Gasteiger partial charge in [-0.3, -0.25) is 19.2 Å². The summed E-state index contributed by atoms with van der Waals surface area (Å²) in [5.41, 5.74) is -0.327. The molecule has 3 aliphatic carbocycles. The molecule has 0 N–H and O–H groups in total. The van der Waals surface area contributed by atoms with Crippen molar-refractivity contribution in [2.75, 3.05) is 0 Å². The van der Waals surface area contributed by atoms with Gasteiger partial charge in [-0.05, 0) is 43.9 Å². The Morgan fingerprint density at radius 1 is 1.17 bits per heavy atom. The van der Waals surface area contributed by atoms with E-state index in [0.717, 1.165) is 0 Å². The molecular weight excluding hydrogens is 296 g/mol. The van der Waals surface area contributed by atoms with Gasteiger partial charge in [0, 0.05) is 17.4 Å². The molecule has 1 aliphatic heterocycles. The molecule has 0 aromatic carbocycles. The fraction of sp³-hybridized carbons (Fsp3) is 0.556. The first-order valence-corrected chi connectivity index (χ1v) is 8.00. The van der Waals surface area contributed by atoms with Crippen LogP contribution in [0.2, 0.25) is 0 Å². The monoisotopic (exact) mass is 314 g/mol. The third-order valence-electron chi connectivity index (χ3n) is 6.30. The second-order valence-electron chi connectivity index (χ2n) is 7.39. The lowest BCUT2D eigenvalue weighted by Gasteiger charge is -2.45. The normalized spacial score (nSPS) is 45.1. The molecule has 1 saturated carbocycles. The highest BCUT2D eigenvalue weighted by Crippen LogP contribution is 2.60. The van der Waals surface area contributed by atoms with Crippen LogP contribution in [0.1, 0.15) is 27.2 Å². The molecule has 1 saturated heterocycles. The number of fused-ring (bicyclic) bond motifs is 5. The Balaban J connectivity index is 1.92. The topological polar surface area (TPSA) is 77.5 Å². The average Bonchev–Trinajstić information content (AvgIpc) is 2.99. The van der Waals surface area contributed by atoms with E-state index in [0.29, 0.717) is 12.0 Å². The predicted octanol–water partition coefficient (Wildman–Crippen LogP) is 1.41. The van der Waals surface area contributed by atoms with Gasteiger partial charge in [0.25, 0.3) is 0 Å². The molecular formula is C18H18O5. The number of Topliss-reactive ketones (excluding diaryl/α,β-unsaturated/α-hetero) is 1. The van der Waals surface area contributed by atoms with Gasteiger partial charge in [-0.1, -0.05) is 6.92 Å². The summed E-state index contributed by atoms with van der Waals surface area (Å²) in [5, 5.41) is 0. The van der Waals surface area contributed by atoms with E-state index < -0.39 is 5.41 Å². The minimum atomic E-state index is -1.03. The number of hydrogen-bond acceptors (Lipinski definition) is 5. The Morgan fingerprint density at radius 3 is 2.57 bits per heavy atom. The Kier molecular flexibility index (Phi) is 2.70. The molecule has 6 atom stereocenters. The third kappa shape index (κ3) is 1.57. The van der Waals surface area contributed by atoms with E-state index in [1.54, 1.807) is 20.8 Å². The first kappa shape index (κ1) is 14.5. The first-order valence-electron chi connectivity index (χ1n) is 8.00. The van der Waals surface area contributed by atoms with Crippen LogP contribution in [0.15, 0.2) is 23.3 Å². The number of carbonyl (C=O) groups is 4. The van der Waals surface area contributed by atoms with E-state index in [-0.39, 0.29) is 58.7 Å². The second kappa shape index (κ2) is 4.28. The molecule has 0 bridgehead atoms. The van der Waals surface area contributed by atoms with Gasteiger partial charge in [-0.2, -0.15) is 0 Å². The Morgan fingerprint density at radius 2 is 1.87 bits per heavy atom. The smallest absolute Gasteiger partial charge is 0.309 e. The third-order valence-corrected chi connectivity index (χ3v) is 6.30.